The number of hydrogen-bond donors (Lipinski definition) is 0. The molecule has 0 aliphatic carbocycles. The van der Waals surface area contributed by atoms with Crippen molar-refractivity contribution in [3.8, 4) is 0 Å². The minimum atomic E-state index is -0.179. The molecule has 1 aromatic carbocycles. The third-order valence-corrected chi connectivity index (χ3v) is 4.30. The molecular weight excluding hydrogens is 304 g/mol. The first-order valence-corrected chi connectivity index (χ1v) is 7.68. The monoisotopic (exact) mass is 320 g/mol. The summed E-state index contributed by atoms with van der Waals surface area (Å²) in [5.41, 5.74) is 2.11. The molecule has 3 heterocycles. The summed E-state index contributed by atoms with van der Waals surface area (Å²) in [7, 11) is 1.77. The van der Waals surface area contributed by atoms with Gasteiger partial charge in [-0.25, -0.2) is 0 Å². The van der Waals surface area contributed by atoms with Crippen LogP contribution in [0.2, 0.25) is 0 Å². The predicted octanol–water partition coefficient (Wildman–Crippen LogP) is 3.31. The highest BCUT2D eigenvalue weighted by Gasteiger charge is 2.22. The van der Waals surface area contributed by atoms with Crippen molar-refractivity contribution in [1.82, 2.24) is 19.5 Å². The molecule has 120 valence electrons. The lowest BCUT2D eigenvalue weighted by Gasteiger charge is -2.23. The third-order valence-electron chi connectivity index (χ3n) is 4.30. The Kier molecular flexibility index (Phi) is 3.30. The van der Waals surface area contributed by atoms with Crippen molar-refractivity contribution in [1.29, 1.82) is 0 Å². The van der Waals surface area contributed by atoms with E-state index in [1.54, 1.807) is 41.0 Å². The highest BCUT2D eigenvalue weighted by atomic mass is 16.3. The summed E-state index contributed by atoms with van der Waals surface area (Å²) in [5, 5.41) is 8.80. The van der Waals surface area contributed by atoms with E-state index in [1.807, 2.05) is 37.3 Å². The predicted molar refractivity (Wildman–Crippen MR) is 89.7 cm³/mol. The fourth-order valence-corrected chi connectivity index (χ4v) is 2.73. The van der Waals surface area contributed by atoms with Gasteiger partial charge in [0.1, 0.15) is 17.7 Å². The molecule has 0 radical (unpaired) electrons. The molecule has 1 amide bonds. The fraction of sp³-hybridized carbons (Fsp3) is 0.167. The van der Waals surface area contributed by atoms with Gasteiger partial charge in [0.15, 0.2) is 5.65 Å². The van der Waals surface area contributed by atoms with Crippen LogP contribution in [0.4, 0.5) is 0 Å². The summed E-state index contributed by atoms with van der Waals surface area (Å²) in [6, 6.07) is 13.2. The van der Waals surface area contributed by atoms with Crippen LogP contribution in [0.3, 0.4) is 0 Å². The summed E-state index contributed by atoms with van der Waals surface area (Å²) in [6.45, 7) is 1.95. The Bertz CT molecular complexity index is 1000. The van der Waals surface area contributed by atoms with Crippen LogP contribution in [-0.2, 0) is 0 Å². The van der Waals surface area contributed by atoms with Gasteiger partial charge in [0.25, 0.3) is 5.91 Å². The summed E-state index contributed by atoms with van der Waals surface area (Å²) >= 11 is 0. The van der Waals surface area contributed by atoms with Crippen LogP contribution in [0.1, 0.15) is 29.1 Å². The highest BCUT2D eigenvalue weighted by molar-refractivity contribution is 5.94. The molecule has 6 nitrogen and oxygen atoms in total. The zero-order valence-corrected chi connectivity index (χ0v) is 13.4. The largest absolute Gasteiger partial charge is 0.459 e. The normalized spacial score (nSPS) is 12.6. The summed E-state index contributed by atoms with van der Waals surface area (Å²) in [4.78, 5) is 14.4. The average Bonchev–Trinajstić information content (AvgIpc) is 3.25. The second-order valence-electron chi connectivity index (χ2n) is 5.79. The molecule has 0 saturated carbocycles. The maximum atomic E-state index is 12.8. The van der Waals surface area contributed by atoms with Crippen molar-refractivity contribution < 1.29 is 9.21 Å². The van der Waals surface area contributed by atoms with Crippen molar-refractivity contribution in [2.45, 2.75) is 13.0 Å². The molecule has 0 fully saturated rings. The Hall–Kier alpha value is -3.15. The Labute approximate surface area is 138 Å². The number of hydrogen-bond acceptors (Lipinski definition) is 4. The summed E-state index contributed by atoms with van der Waals surface area (Å²) < 4.78 is 7.60. The number of carbonyl (C=O) groups excluding carboxylic acids is 1. The standard InChI is InChI=1S/C18H16N4O2/c1-12(16-9-13-5-3-4-6-15(13)24-16)21(2)18(23)14-7-8-17-20-19-11-22(17)10-14/h3-12H,1-2H3/t12-/m1/s1. The Morgan fingerprint density at radius 1 is 1.25 bits per heavy atom. The summed E-state index contributed by atoms with van der Waals surface area (Å²) in [6.07, 6.45) is 3.31. The lowest BCUT2D eigenvalue weighted by molar-refractivity contribution is 0.0727. The van der Waals surface area contributed by atoms with Crippen LogP contribution in [0.15, 0.2) is 59.4 Å². The molecule has 24 heavy (non-hydrogen) atoms. The number of pyridine rings is 1. The first kappa shape index (κ1) is 14.4. The van der Waals surface area contributed by atoms with E-state index in [0.29, 0.717) is 11.2 Å². The van der Waals surface area contributed by atoms with Crippen LogP contribution in [0.25, 0.3) is 16.6 Å². The number of amides is 1. The maximum absolute atomic E-state index is 12.8. The third kappa shape index (κ3) is 2.32. The van der Waals surface area contributed by atoms with Crippen LogP contribution in [-0.4, -0.2) is 32.5 Å². The van der Waals surface area contributed by atoms with Gasteiger partial charge >= 0.3 is 0 Å². The number of furan rings is 1. The van der Waals surface area contributed by atoms with Gasteiger partial charge in [-0.1, -0.05) is 18.2 Å². The molecule has 0 spiro atoms. The van der Waals surface area contributed by atoms with Crippen LogP contribution >= 0.6 is 0 Å². The average molecular weight is 320 g/mol. The molecule has 0 saturated heterocycles. The fourth-order valence-electron chi connectivity index (χ4n) is 2.73. The van der Waals surface area contributed by atoms with Gasteiger partial charge in [-0.3, -0.25) is 9.20 Å². The lowest BCUT2D eigenvalue weighted by Crippen LogP contribution is -2.29. The number of fused-ring (bicyclic) bond motifs is 2. The minimum Gasteiger partial charge on any atom is -0.459 e. The topological polar surface area (TPSA) is 63.6 Å². The Balaban J connectivity index is 1.63. The van der Waals surface area contributed by atoms with Gasteiger partial charge in [0.2, 0.25) is 0 Å². The van der Waals surface area contributed by atoms with Crippen molar-refractivity contribution >= 4 is 22.5 Å². The zero-order valence-electron chi connectivity index (χ0n) is 13.4. The van der Waals surface area contributed by atoms with E-state index in [2.05, 4.69) is 10.2 Å². The Morgan fingerprint density at radius 2 is 2.08 bits per heavy atom. The number of para-hydroxylation sites is 1. The zero-order chi connectivity index (χ0) is 16.7. The second-order valence-corrected chi connectivity index (χ2v) is 5.79. The number of rotatable bonds is 3. The number of benzene rings is 1. The molecule has 4 rings (SSSR count). The smallest absolute Gasteiger partial charge is 0.255 e. The quantitative estimate of drug-likeness (QED) is 0.581. The molecule has 0 aliphatic rings. The maximum Gasteiger partial charge on any atom is 0.255 e. The van der Waals surface area contributed by atoms with E-state index >= 15 is 0 Å². The van der Waals surface area contributed by atoms with Gasteiger partial charge in [0, 0.05) is 18.6 Å². The van der Waals surface area contributed by atoms with E-state index < -0.39 is 0 Å². The van der Waals surface area contributed by atoms with Gasteiger partial charge in [-0.2, -0.15) is 0 Å². The highest BCUT2D eigenvalue weighted by Crippen LogP contribution is 2.27. The van der Waals surface area contributed by atoms with E-state index in [0.717, 1.165) is 16.7 Å². The van der Waals surface area contributed by atoms with Gasteiger partial charge in [0.05, 0.1) is 11.6 Å². The van der Waals surface area contributed by atoms with Crippen molar-refractivity contribution in [2.75, 3.05) is 7.05 Å². The molecule has 4 aromatic rings. The first-order chi connectivity index (χ1) is 11.6. The van der Waals surface area contributed by atoms with Crippen LogP contribution < -0.4 is 0 Å². The number of aromatic nitrogens is 3. The van der Waals surface area contributed by atoms with Crippen molar-refractivity contribution in [2.24, 2.45) is 0 Å². The second kappa shape index (κ2) is 5.49. The molecule has 0 aliphatic heterocycles. The van der Waals surface area contributed by atoms with E-state index in [1.165, 1.54) is 0 Å². The van der Waals surface area contributed by atoms with E-state index in [-0.39, 0.29) is 11.9 Å². The van der Waals surface area contributed by atoms with Crippen LogP contribution in [0.5, 0.6) is 0 Å². The van der Waals surface area contributed by atoms with Crippen LogP contribution in [0, 0.1) is 0 Å². The number of carbonyl (C=O) groups is 1. The summed E-state index contributed by atoms with van der Waals surface area (Å²) in [5.74, 6) is 0.677. The molecule has 0 unspecified atom stereocenters. The molecule has 0 bridgehead atoms. The van der Waals surface area contributed by atoms with Gasteiger partial charge in [-0.05, 0) is 31.2 Å². The molecular formula is C18H16N4O2. The van der Waals surface area contributed by atoms with Crippen molar-refractivity contribution in [3.63, 3.8) is 0 Å². The number of nitrogens with zero attached hydrogens (tertiary/aromatic N) is 4. The minimum absolute atomic E-state index is 0.0847. The lowest BCUT2D eigenvalue weighted by atomic mass is 10.1. The first-order valence-electron chi connectivity index (χ1n) is 7.68. The molecule has 3 aromatic heterocycles. The SMILES string of the molecule is C[C@H](c1cc2ccccc2o1)N(C)C(=O)c1ccc2nncn2c1. The van der Waals surface area contributed by atoms with Gasteiger partial charge < -0.3 is 9.32 Å². The molecule has 1 atom stereocenters. The Morgan fingerprint density at radius 3 is 2.92 bits per heavy atom. The van der Waals surface area contributed by atoms with Gasteiger partial charge in [-0.15, -0.1) is 10.2 Å². The molecule has 6 heteroatoms. The molecule has 0 N–H and O–H groups in total. The van der Waals surface area contributed by atoms with Crippen molar-refractivity contribution in [3.05, 3.63) is 66.3 Å². The van der Waals surface area contributed by atoms with E-state index in [9.17, 15) is 4.79 Å². The van der Waals surface area contributed by atoms with E-state index in [4.69, 9.17) is 4.42 Å².